The topological polar surface area (TPSA) is 72.5 Å². The van der Waals surface area contributed by atoms with Gasteiger partial charge in [0.15, 0.2) is 5.96 Å². The first-order valence-corrected chi connectivity index (χ1v) is 8.14. The molecule has 1 heterocycles. The average Bonchev–Trinajstić information content (AvgIpc) is 2.45. The van der Waals surface area contributed by atoms with Crippen LogP contribution in [0.1, 0.15) is 58.6 Å². The van der Waals surface area contributed by atoms with Gasteiger partial charge in [0.1, 0.15) is 5.60 Å². The van der Waals surface area contributed by atoms with E-state index in [0.717, 1.165) is 5.69 Å². The molecule has 0 bridgehead atoms. The van der Waals surface area contributed by atoms with Gasteiger partial charge in [0.25, 0.3) is 0 Å². The average molecular weight is 304 g/mol. The largest absolute Gasteiger partial charge is 0.472 e. The van der Waals surface area contributed by atoms with Crippen LogP contribution in [0.4, 0.5) is 0 Å². The van der Waals surface area contributed by atoms with Gasteiger partial charge < -0.3 is 15.8 Å². The normalized spacial score (nSPS) is 17.3. The minimum absolute atomic E-state index is 0.254. The molecule has 0 radical (unpaired) electrons. The molecule has 5 nitrogen and oxygen atoms in total. The fourth-order valence-electron chi connectivity index (χ4n) is 2.58. The molecule has 1 aromatic heterocycles. The van der Waals surface area contributed by atoms with Crippen molar-refractivity contribution in [3.05, 3.63) is 23.9 Å². The third-order valence-electron chi connectivity index (χ3n) is 3.56. The maximum atomic E-state index is 5.97. The molecular weight excluding hydrogens is 276 g/mol. The summed E-state index contributed by atoms with van der Waals surface area (Å²) in [7, 11) is 0. The Hall–Kier alpha value is -1.78. The van der Waals surface area contributed by atoms with Crippen molar-refractivity contribution in [2.45, 2.75) is 71.1 Å². The number of hydrogen-bond acceptors (Lipinski definition) is 3. The summed E-state index contributed by atoms with van der Waals surface area (Å²) in [6.45, 7) is 6.48. The van der Waals surface area contributed by atoms with Crippen LogP contribution in [0.3, 0.4) is 0 Å². The van der Waals surface area contributed by atoms with Crippen LogP contribution in [0.15, 0.2) is 23.2 Å². The van der Waals surface area contributed by atoms with Crippen LogP contribution in [0, 0.1) is 0 Å². The van der Waals surface area contributed by atoms with Crippen molar-refractivity contribution >= 4 is 5.96 Å². The Bertz CT molecular complexity index is 502. The number of nitrogens with zero attached hydrogens (tertiary/aromatic N) is 2. The molecule has 5 heteroatoms. The lowest BCUT2D eigenvalue weighted by Gasteiger charge is -2.23. The van der Waals surface area contributed by atoms with Gasteiger partial charge in [-0.25, -0.2) is 9.98 Å². The predicted molar refractivity (Wildman–Crippen MR) is 90.0 cm³/mol. The van der Waals surface area contributed by atoms with E-state index in [1.165, 1.54) is 32.1 Å². The molecule has 0 atom stereocenters. The lowest BCUT2D eigenvalue weighted by atomic mass is 9.96. The number of guanidine groups is 1. The zero-order valence-corrected chi connectivity index (χ0v) is 13.9. The third-order valence-corrected chi connectivity index (χ3v) is 3.56. The number of rotatable bonds is 4. The van der Waals surface area contributed by atoms with Crippen LogP contribution in [0.5, 0.6) is 5.88 Å². The molecule has 1 fully saturated rings. The lowest BCUT2D eigenvalue weighted by molar-refractivity contribution is 0.124. The fourth-order valence-corrected chi connectivity index (χ4v) is 2.58. The van der Waals surface area contributed by atoms with Gasteiger partial charge in [-0.05, 0) is 39.7 Å². The molecule has 0 unspecified atom stereocenters. The van der Waals surface area contributed by atoms with Crippen molar-refractivity contribution in [2.75, 3.05) is 0 Å². The van der Waals surface area contributed by atoms with Crippen LogP contribution >= 0.6 is 0 Å². The van der Waals surface area contributed by atoms with Gasteiger partial charge in [0, 0.05) is 12.1 Å². The highest BCUT2D eigenvalue weighted by molar-refractivity contribution is 5.78. The molecule has 2 rings (SSSR count). The van der Waals surface area contributed by atoms with Crippen molar-refractivity contribution in [2.24, 2.45) is 10.7 Å². The summed E-state index contributed by atoms with van der Waals surface area (Å²) >= 11 is 0. The number of hydrogen-bond donors (Lipinski definition) is 2. The Morgan fingerprint density at radius 1 is 1.32 bits per heavy atom. The molecule has 1 saturated carbocycles. The molecule has 1 aromatic rings. The highest BCUT2D eigenvalue weighted by Crippen LogP contribution is 2.17. The second-order valence-corrected chi connectivity index (χ2v) is 6.86. The summed E-state index contributed by atoms with van der Waals surface area (Å²) in [4.78, 5) is 8.86. The Morgan fingerprint density at radius 2 is 2.05 bits per heavy atom. The Balaban J connectivity index is 1.89. The second-order valence-electron chi connectivity index (χ2n) is 6.86. The van der Waals surface area contributed by atoms with Gasteiger partial charge in [-0.2, -0.15) is 0 Å². The van der Waals surface area contributed by atoms with Crippen LogP contribution in [0.2, 0.25) is 0 Å². The van der Waals surface area contributed by atoms with Crippen molar-refractivity contribution < 1.29 is 4.74 Å². The van der Waals surface area contributed by atoms with Crippen molar-refractivity contribution in [3.8, 4) is 5.88 Å². The molecule has 0 aromatic carbocycles. The van der Waals surface area contributed by atoms with E-state index in [4.69, 9.17) is 10.5 Å². The Labute approximate surface area is 133 Å². The van der Waals surface area contributed by atoms with Crippen LogP contribution in [-0.2, 0) is 6.54 Å². The minimum atomic E-state index is -0.254. The number of aromatic nitrogens is 1. The molecule has 122 valence electrons. The number of ether oxygens (including phenoxy) is 1. The summed E-state index contributed by atoms with van der Waals surface area (Å²) in [5, 5.41) is 3.31. The van der Waals surface area contributed by atoms with Crippen molar-refractivity contribution in [1.82, 2.24) is 10.3 Å². The van der Waals surface area contributed by atoms with Gasteiger partial charge in [-0.15, -0.1) is 0 Å². The SMILES string of the molecule is CC(C)(C)Oc1cccc(CN=C(N)NC2CCCCC2)n1. The molecule has 0 spiro atoms. The second kappa shape index (κ2) is 7.47. The molecule has 1 aliphatic rings. The monoisotopic (exact) mass is 304 g/mol. The maximum absolute atomic E-state index is 5.97. The van der Waals surface area contributed by atoms with Gasteiger partial charge in [-0.1, -0.05) is 25.3 Å². The van der Waals surface area contributed by atoms with E-state index < -0.39 is 0 Å². The van der Waals surface area contributed by atoms with E-state index in [0.29, 0.717) is 24.4 Å². The Kier molecular flexibility index (Phi) is 5.63. The number of pyridine rings is 1. The standard InChI is InChI=1S/C17H28N4O/c1-17(2,3)22-15-11-7-10-14(20-15)12-19-16(18)21-13-8-5-4-6-9-13/h7,10-11,13H,4-6,8-9,12H2,1-3H3,(H3,18,19,21). The summed E-state index contributed by atoms with van der Waals surface area (Å²) in [6, 6.07) is 6.21. The zero-order valence-electron chi connectivity index (χ0n) is 13.9. The quantitative estimate of drug-likeness (QED) is 0.662. The minimum Gasteiger partial charge on any atom is -0.472 e. The third kappa shape index (κ3) is 5.92. The molecule has 1 aliphatic carbocycles. The van der Waals surface area contributed by atoms with E-state index in [1.54, 1.807) is 0 Å². The van der Waals surface area contributed by atoms with Crippen molar-refractivity contribution in [3.63, 3.8) is 0 Å². The van der Waals surface area contributed by atoms with E-state index in [1.807, 2.05) is 39.0 Å². The summed E-state index contributed by atoms with van der Waals surface area (Å²) in [5.74, 6) is 1.13. The van der Waals surface area contributed by atoms with E-state index in [2.05, 4.69) is 15.3 Å². The fraction of sp³-hybridized carbons (Fsp3) is 0.647. The molecule has 0 saturated heterocycles. The summed E-state index contributed by atoms with van der Waals surface area (Å²) < 4.78 is 5.76. The van der Waals surface area contributed by atoms with Gasteiger partial charge in [0.05, 0.1) is 12.2 Å². The van der Waals surface area contributed by atoms with E-state index in [9.17, 15) is 0 Å². The van der Waals surface area contributed by atoms with Crippen molar-refractivity contribution in [1.29, 1.82) is 0 Å². The number of nitrogens with one attached hydrogen (secondary N) is 1. The van der Waals surface area contributed by atoms with Crippen LogP contribution in [-0.4, -0.2) is 22.6 Å². The zero-order chi connectivity index (χ0) is 16.0. The van der Waals surface area contributed by atoms with Crippen LogP contribution in [0.25, 0.3) is 0 Å². The summed E-state index contributed by atoms with van der Waals surface area (Å²) in [6.07, 6.45) is 6.25. The maximum Gasteiger partial charge on any atom is 0.214 e. The van der Waals surface area contributed by atoms with Gasteiger partial charge >= 0.3 is 0 Å². The molecule has 0 amide bonds. The van der Waals surface area contributed by atoms with E-state index >= 15 is 0 Å². The first-order valence-electron chi connectivity index (χ1n) is 8.14. The first-order chi connectivity index (χ1) is 10.4. The molecule has 22 heavy (non-hydrogen) atoms. The molecular formula is C17H28N4O. The lowest BCUT2D eigenvalue weighted by Crippen LogP contribution is -2.41. The Morgan fingerprint density at radius 3 is 2.73 bits per heavy atom. The van der Waals surface area contributed by atoms with Gasteiger partial charge in [0.2, 0.25) is 5.88 Å². The van der Waals surface area contributed by atoms with E-state index in [-0.39, 0.29) is 5.60 Å². The first kappa shape index (κ1) is 16.6. The molecule has 3 N–H and O–H groups in total. The summed E-state index contributed by atoms with van der Waals surface area (Å²) in [5.41, 5.74) is 6.58. The smallest absolute Gasteiger partial charge is 0.214 e. The number of nitrogens with two attached hydrogens (primary N) is 1. The predicted octanol–water partition coefficient (Wildman–Crippen LogP) is 3.00. The highest BCUT2D eigenvalue weighted by Gasteiger charge is 2.14. The van der Waals surface area contributed by atoms with Gasteiger partial charge in [-0.3, -0.25) is 0 Å². The molecule has 0 aliphatic heterocycles. The number of aliphatic imine (C=N–C) groups is 1. The van der Waals surface area contributed by atoms with Crippen LogP contribution < -0.4 is 15.8 Å². The highest BCUT2D eigenvalue weighted by atomic mass is 16.5.